The Hall–Kier alpha value is -1.49. The van der Waals surface area contributed by atoms with E-state index < -0.39 is 5.82 Å². The topological polar surface area (TPSA) is 70.6 Å². The minimum atomic E-state index is -0.437. The number of benzene rings is 1. The maximum atomic E-state index is 13.1. The summed E-state index contributed by atoms with van der Waals surface area (Å²) in [6.45, 7) is 0.694. The highest BCUT2D eigenvalue weighted by atomic mass is 35.5. The first-order valence-corrected chi connectivity index (χ1v) is 5.66. The number of oxime groups is 1. The molecule has 0 aliphatic rings. The lowest BCUT2D eigenvalue weighted by Crippen LogP contribution is -2.11. The van der Waals surface area contributed by atoms with E-state index in [9.17, 15) is 4.39 Å². The molecule has 0 saturated heterocycles. The Balaban J connectivity index is 2.24. The fourth-order valence-electron chi connectivity index (χ4n) is 1.32. The predicted molar refractivity (Wildman–Crippen MR) is 67.2 cm³/mol. The van der Waals surface area contributed by atoms with Gasteiger partial charge in [-0.05, 0) is 31.0 Å². The number of halogens is 2. The van der Waals surface area contributed by atoms with E-state index in [0.29, 0.717) is 18.7 Å². The third-order valence-corrected chi connectivity index (χ3v) is 2.54. The first kappa shape index (κ1) is 13.6. The molecule has 0 saturated carbocycles. The second-order valence-corrected chi connectivity index (χ2v) is 4.01. The molecule has 0 radical (unpaired) electrons. The molecule has 0 spiro atoms. The molecule has 0 aliphatic carbocycles. The summed E-state index contributed by atoms with van der Waals surface area (Å²) in [4.78, 5) is 0. The van der Waals surface area contributed by atoms with Gasteiger partial charge < -0.3 is 16.3 Å². The zero-order valence-corrected chi connectivity index (χ0v) is 10.0. The molecule has 94 valence electrons. The summed E-state index contributed by atoms with van der Waals surface area (Å²) in [5.74, 6) is -0.212. The van der Waals surface area contributed by atoms with Crippen molar-refractivity contribution in [2.24, 2.45) is 10.9 Å². The molecule has 4 N–H and O–H groups in total. The van der Waals surface area contributed by atoms with E-state index >= 15 is 0 Å². The molecule has 0 bridgehead atoms. The number of rotatable bonds is 6. The molecule has 0 atom stereocenters. The largest absolute Gasteiger partial charge is 0.409 e. The summed E-state index contributed by atoms with van der Waals surface area (Å²) in [7, 11) is 0. The summed E-state index contributed by atoms with van der Waals surface area (Å²) in [6, 6.07) is 4.58. The highest BCUT2D eigenvalue weighted by molar-refractivity contribution is 6.30. The van der Waals surface area contributed by atoms with Gasteiger partial charge in [-0.15, -0.1) is 0 Å². The van der Waals surface area contributed by atoms with E-state index in [1.54, 1.807) is 6.07 Å². The average Bonchev–Trinajstić information content (AvgIpc) is 2.33. The number of hydrogen-bond acceptors (Lipinski definition) is 3. The van der Waals surface area contributed by atoms with Gasteiger partial charge in [0.25, 0.3) is 0 Å². The van der Waals surface area contributed by atoms with Gasteiger partial charge in [0.2, 0.25) is 0 Å². The molecule has 0 aliphatic heterocycles. The van der Waals surface area contributed by atoms with Crippen molar-refractivity contribution in [3.05, 3.63) is 29.0 Å². The van der Waals surface area contributed by atoms with Crippen LogP contribution in [0.2, 0.25) is 5.02 Å². The SMILES string of the molecule is NC(CCCCNc1ccc(Cl)c(F)c1)=NO. The Morgan fingerprint density at radius 3 is 2.88 bits per heavy atom. The number of hydrogen-bond donors (Lipinski definition) is 3. The Labute approximate surface area is 104 Å². The number of unbranched alkanes of at least 4 members (excludes halogenated alkanes) is 1. The van der Waals surface area contributed by atoms with Crippen LogP contribution in [0.1, 0.15) is 19.3 Å². The quantitative estimate of drug-likeness (QED) is 0.242. The van der Waals surface area contributed by atoms with Crippen LogP contribution in [0.4, 0.5) is 10.1 Å². The predicted octanol–water partition coefficient (Wildman–Crippen LogP) is 2.81. The van der Waals surface area contributed by atoms with Crippen molar-refractivity contribution < 1.29 is 9.60 Å². The van der Waals surface area contributed by atoms with Crippen molar-refractivity contribution in [3.8, 4) is 0 Å². The van der Waals surface area contributed by atoms with Crippen molar-refractivity contribution >= 4 is 23.1 Å². The molecule has 0 heterocycles. The number of amidine groups is 1. The third-order valence-electron chi connectivity index (χ3n) is 2.24. The Morgan fingerprint density at radius 2 is 2.24 bits per heavy atom. The van der Waals surface area contributed by atoms with Crippen LogP contribution in [-0.4, -0.2) is 17.6 Å². The van der Waals surface area contributed by atoms with Gasteiger partial charge in [-0.25, -0.2) is 4.39 Å². The van der Waals surface area contributed by atoms with Gasteiger partial charge in [-0.1, -0.05) is 16.8 Å². The Kier molecular flexibility index (Phi) is 5.56. The van der Waals surface area contributed by atoms with Crippen LogP contribution in [0, 0.1) is 5.82 Å². The summed E-state index contributed by atoms with van der Waals surface area (Å²) in [5, 5.41) is 14.4. The van der Waals surface area contributed by atoms with Crippen LogP contribution in [0.3, 0.4) is 0 Å². The van der Waals surface area contributed by atoms with Crippen LogP contribution < -0.4 is 11.1 Å². The second kappa shape index (κ2) is 6.96. The van der Waals surface area contributed by atoms with Gasteiger partial charge in [-0.3, -0.25) is 0 Å². The molecule has 1 rings (SSSR count). The zero-order valence-electron chi connectivity index (χ0n) is 9.29. The molecule has 0 aromatic heterocycles. The van der Waals surface area contributed by atoms with Gasteiger partial charge in [0.05, 0.1) is 5.02 Å². The normalized spacial score (nSPS) is 11.5. The maximum absolute atomic E-state index is 13.1. The number of nitrogens with two attached hydrogens (primary N) is 1. The first-order chi connectivity index (χ1) is 8.13. The van der Waals surface area contributed by atoms with Gasteiger partial charge in [0, 0.05) is 18.7 Å². The van der Waals surface area contributed by atoms with Crippen molar-refractivity contribution in [3.63, 3.8) is 0 Å². The molecule has 1 aromatic rings. The summed E-state index contributed by atoms with van der Waals surface area (Å²) in [5.41, 5.74) is 6.01. The van der Waals surface area contributed by atoms with Crippen LogP contribution in [0.25, 0.3) is 0 Å². The number of nitrogens with zero attached hydrogens (tertiary/aromatic N) is 1. The Morgan fingerprint density at radius 1 is 1.47 bits per heavy atom. The molecule has 0 fully saturated rings. The number of anilines is 1. The summed E-state index contributed by atoms with van der Waals surface area (Å²) >= 11 is 5.56. The van der Waals surface area contributed by atoms with Crippen molar-refractivity contribution in [1.29, 1.82) is 0 Å². The molecule has 17 heavy (non-hydrogen) atoms. The van der Waals surface area contributed by atoms with Gasteiger partial charge >= 0.3 is 0 Å². The molecule has 6 heteroatoms. The minimum Gasteiger partial charge on any atom is -0.409 e. The fourth-order valence-corrected chi connectivity index (χ4v) is 1.44. The van der Waals surface area contributed by atoms with E-state index in [-0.39, 0.29) is 10.9 Å². The lowest BCUT2D eigenvalue weighted by atomic mass is 10.2. The highest BCUT2D eigenvalue weighted by Gasteiger charge is 2.00. The van der Waals surface area contributed by atoms with E-state index in [1.807, 2.05) is 0 Å². The van der Waals surface area contributed by atoms with E-state index in [4.69, 9.17) is 22.5 Å². The smallest absolute Gasteiger partial charge is 0.143 e. The molecule has 1 aromatic carbocycles. The molecular formula is C11H15ClFN3O. The molecule has 0 unspecified atom stereocenters. The van der Waals surface area contributed by atoms with E-state index in [1.165, 1.54) is 12.1 Å². The summed E-state index contributed by atoms with van der Waals surface area (Å²) in [6.07, 6.45) is 2.20. The molecule has 4 nitrogen and oxygen atoms in total. The number of nitrogens with one attached hydrogen (secondary N) is 1. The standard InChI is InChI=1S/C11H15ClFN3O/c12-9-5-4-8(7-10(9)13)15-6-2-1-3-11(14)16-17/h4-5,7,15,17H,1-3,6H2,(H2,14,16). The second-order valence-electron chi connectivity index (χ2n) is 3.60. The van der Waals surface area contributed by atoms with Crippen molar-refractivity contribution in [1.82, 2.24) is 0 Å². The molecular weight excluding hydrogens is 245 g/mol. The van der Waals surface area contributed by atoms with Crippen molar-refractivity contribution in [2.75, 3.05) is 11.9 Å². The van der Waals surface area contributed by atoms with Crippen LogP contribution in [0.5, 0.6) is 0 Å². The van der Waals surface area contributed by atoms with Crippen LogP contribution >= 0.6 is 11.6 Å². The van der Waals surface area contributed by atoms with Crippen molar-refractivity contribution in [2.45, 2.75) is 19.3 Å². The van der Waals surface area contributed by atoms with E-state index in [0.717, 1.165) is 12.8 Å². The highest BCUT2D eigenvalue weighted by Crippen LogP contribution is 2.18. The van der Waals surface area contributed by atoms with Gasteiger partial charge in [-0.2, -0.15) is 0 Å². The zero-order chi connectivity index (χ0) is 12.7. The average molecular weight is 260 g/mol. The lowest BCUT2D eigenvalue weighted by molar-refractivity contribution is 0.316. The lowest BCUT2D eigenvalue weighted by Gasteiger charge is -2.06. The first-order valence-electron chi connectivity index (χ1n) is 5.29. The van der Waals surface area contributed by atoms with Gasteiger partial charge in [0.1, 0.15) is 11.7 Å². The van der Waals surface area contributed by atoms with Crippen LogP contribution in [-0.2, 0) is 0 Å². The van der Waals surface area contributed by atoms with E-state index in [2.05, 4.69) is 10.5 Å². The summed E-state index contributed by atoms with van der Waals surface area (Å²) < 4.78 is 13.1. The fraction of sp³-hybridized carbons (Fsp3) is 0.364. The van der Waals surface area contributed by atoms with Gasteiger partial charge in [0.15, 0.2) is 0 Å². The monoisotopic (exact) mass is 259 g/mol. The minimum absolute atomic E-state index is 0.113. The Bertz CT molecular complexity index is 398. The van der Waals surface area contributed by atoms with Crippen LogP contribution in [0.15, 0.2) is 23.4 Å². The maximum Gasteiger partial charge on any atom is 0.143 e. The third kappa shape index (κ3) is 4.91. The molecule has 0 amide bonds.